The van der Waals surface area contributed by atoms with Crippen LogP contribution in [0.5, 0.6) is 0 Å². The fourth-order valence-corrected chi connectivity index (χ4v) is 1.19. The van der Waals surface area contributed by atoms with Crippen LogP contribution in [0.25, 0.3) is 0 Å². The Morgan fingerprint density at radius 1 is 1.67 bits per heavy atom. The molecule has 0 saturated carbocycles. The van der Waals surface area contributed by atoms with Crippen LogP contribution in [0.4, 0.5) is 5.69 Å². The summed E-state index contributed by atoms with van der Waals surface area (Å²) in [5, 5.41) is 22.3. The summed E-state index contributed by atoms with van der Waals surface area (Å²) in [5.74, 6) is 0. The van der Waals surface area contributed by atoms with E-state index in [0.717, 1.165) is 0 Å². The molecule has 0 amide bonds. The summed E-state index contributed by atoms with van der Waals surface area (Å²) in [6.07, 6.45) is 0. The molecule has 15 heavy (non-hydrogen) atoms. The quantitative estimate of drug-likeness (QED) is 0.337. The summed E-state index contributed by atoms with van der Waals surface area (Å²) >= 11 is 0. The lowest BCUT2D eigenvalue weighted by Crippen LogP contribution is -2.27. The molecule has 80 valence electrons. The molecule has 3 N–H and O–H groups in total. The van der Waals surface area contributed by atoms with Gasteiger partial charge in [-0.3, -0.25) is 10.1 Å². The van der Waals surface area contributed by atoms with E-state index < -0.39 is 11.0 Å². The average molecular weight is 209 g/mol. The van der Waals surface area contributed by atoms with Crippen molar-refractivity contribution in [2.24, 2.45) is 10.9 Å². The second-order valence-corrected chi connectivity index (χ2v) is 3.08. The highest BCUT2D eigenvalue weighted by molar-refractivity contribution is 6.04. The van der Waals surface area contributed by atoms with Crippen LogP contribution >= 0.6 is 0 Å². The minimum absolute atomic E-state index is 0.0608. The lowest BCUT2D eigenvalue weighted by atomic mass is 10.0. The van der Waals surface area contributed by atoms with Gasteiger partial charge in [0.1, 0.15) is 5.71 Å². The highest BCUT2D eigenvalue weighted by Gasteiger charge is 2.13. The van der Waals surface area contributed by atoms with Crippen LogP contribution in [0.3, 0.4) is 0 Å². The first-order chi connectivity index (χ1) is 7.06. The predicted octanol–water partition coefficient (Wildman–Crippen LogP) is 1.12. The summed E-state index contributed by atoms with van der Waals surface area (Å²) in [4.78, 5) is 9.99. The van der Waals surface area contributed by atoms with Crippen molar-refractivity contribution >= 4 is 11.4 Å². The Morgan fingerprint density at radius 2 is 2.33 bits per heavy atom. The van der Waals surface area contributed by atoms with E-state index in [1.54, 1.807) is 13.0 Å². The van der Waals surface area contributed by atoms with Crippen molar-refractivity contribution < 1.29 is 10.1 Å². The Morgan fingerprint density at radius 3 is 2.80 bits per heavy atom. The molecule has 0 aliphatic carbocycles. The van der Waals surface area contributed by atoms with Crippen molar-refractivity contribution in [3.05, 3.63) is 39.9 Å². The van der Waals surface area contributed by atoms with Gasteiger partial charge < -0.3 is 10.9 Å². The molecule has 1 atom stereocenters. The second kappa shape index (κ2) is 4.52. The van der Waals surface area contributed by atoms with E-state index in [0.29, 0.717) is 5.56 Å². The third-order valence-electron chi connectivity index (χ3n) is 1.89. The molecule has 1 unspecified atom stereocenters. The second-order valence-electron chi connectivity index (χ2n) is 3.08. The topological polar surface area (TPSA) is 102 Å². The Balaban J connectivity index is 3.15. The first-order valence-electron chi connectivity index (χ1n) is 4.28. The van der Waals surface area contributed by atoms with Gasteiger partial charge in [0.25, 0.3) is 5.69 Å². The van der Waals surface area contributed by atoms with E-state index in [2.05, 4.69) is 5.16 Å². The number of nitrogens with two attached hydrogens (primary N) is 1. The maximum absolute atomic E-state index is 10.5. The number of nitrogens with zero attached hydrogens (tertiary/aromatic N) is 2. The monoisotopic (exact) mass is 209 g/mol. The van der Waals surface area contributed by atoms with Crippen molar-refractivity contribution in [1.82, 2.24) is 0 Å². The molecule has 1 rings (SSSR count). The molecule has 1 aromatic carbocycles. The van der Waals surface area contributed by atoms with Crippen LogP contribution < -0.4 is 5.73 Å². The Labute approximate surface area is 86.2 Å². The molecular weight excluding hydrogens is 198 g/mol. The average Bonchev–Trinajstić information content (AvgIpc) is 2.18. The fraction of sp³-hybridized carbons (Fsp3) is 0.222. The minimum atomic E-state index is -0.514. The SMILES string of the molecule is CC(N)C(=NO)c1cccc([N+](=O)[O-])c1. The molecule has 0 bridgehead atoms. The Hall–Kier alpha value is -1.95. The summed E-state index contributed by atoms with van der Waals surface area (Å²) < 4.78 is 0. The lowest BCUT2D eigenvalue weighted by molar-refractivity contribution is -0.384. The van der Waals surface area contributed by atoms with Crippen molar-refractivity contribution in [2.45, 2.75) is 13.0 Å². The highest BCUT2D eigenvalue weighted by Crippen LogP contribution is 2.14. The number of hydrogen-bond acceptors (Lipinski definition) is 5. The van der Waals surface area contributed by atoms with Crippen LogP contribution in [-0.4, -0.2) is 21.9 Å². The van der Waals surface area contributed by atoms with Gasteiger partial charge in [0.2, 0.25) is 0 Å². The van der Waals surface area contributed by atoms with Gasteiger partial charge in [-0.25, -0.2) is 0 Å². The zero-order valence-corrected chi connectivity index (χ0v) is 8.12. The molecule has 1 aromatic rings. The summed E-state index contributed by atoms with van der Waals surface area (Å²) in [5.41, 5.74) is 6.15. The van der Waals surface area contributed by atoms with Crippen LogP contribution in [0.15, 0.2) is 29.4 Å². The number of benzene rings is 1. The third-order valence-corrected chi connectivity index (χ3v) is 1.89. The molecule has 6 heteroatoms. The van der Waals surface area contributed by atoms with E-state index in [-0.39, 0.29) is 11.4 Å². The Bertz CT molecular complexity index is 401. The van der Waals surface area contributed by atoms with Crippen LogP contribution in [0.1, 0.15) is 12.5 Å². The van der Waals surface area contributed by atoms with Crippen LogP contribution in [-0.2, 0) is 0 Å². The number of non-ortho nitro benzene ring substituents is 1. The lowest BCUT2D eigenvalue weighted by Gasteiger charge is -2.07. The summed E-state index contributed by atoms with van der Waals surface area (Å²) in [7, 11) is 0. The van der Waals surface area contributed by atoms with Gasteiger partial charge in [-0.1, -0.05) is 17.3 Å². The first kappa shape index (κ1) is 11.1. The zero-order chi connectivity index (χ0) is 11.4. The van der Waals surface area contributed by atoms with Gasteiger partial charge in [-0.05, 0) is 6.92 Å². The molecule has 0 aromatic heterocycles. The summed E-state index contributed by atoms with van der Waals surface area (Å²) in [6, 6.07) is 5.31. The molecule has 0 aliphatic rings. The van der Waals surface area contributed by atoms with Gasteiger partial charge in [0.15, 0.2) is 0 Å². The van der Waals surface area contributed by atoms with Gasteiger partial charge in [-0.2, -0.15) is 0 Å². The molecule has 0 saturated heterocycles. The number of nitro groups is 1. The summed E-state index contributed by atoms with van der Waals surface area (Å²) in [6.45, 7) is 1.63. The van der Waals surface area contributed by atoms with Crippen LogP contribution in [0, 0.1) is 10.1 Å². The van der Waals surface area contributed by atoms with E-state index in [4.69, 9.17) is 10.9 Å². The number of oxime groups is 1. The molecule has 0 radical (unpaired) electrons. The number of hydrogen-bond donors (Lipinski definition) is 2. The van der Waals surface area contributed by atoms with Gasteiger partial charge in [0, 0.05) is 23.7 Å². The van der Waals surface area contributed by atoms with E-state index in [1.165, 1.54) is 18.2 Å². The molecule has 0 heterocycles. The molecular formula is C9H11N3O3. The Kier molecular flexibility index (Phi) is 3.35. The standard InChI is InChI=1S/C9H11N3O3/c1-6(10)9(11-13)7-3-2-4-8(5-7)12(14)15/h2-6,13H,10H2,1H3. The van der Waals surface area contributed by atoms with Gasteiger partial charge in [-0.15, -0.1) is 0 Å². The first-order valence-corrected chi connectivity index (χ1v) is 4.28. The third kappa shape index (κ3) is 2.50. The highest BCUT2D eigenvalue weighted by atomic mass is 16.6. The van der Waals surface area contributed by atoms with Crippen molar-refractivity contribution in [3.63, 3.8) is 0 Å². The van der Waals surface area contributed by atoms with Gasteiger partial charge in [0.05, 0.1) is 4.92 Å². The number of rotatable bonds is 3. The smallest absolute Gasteiger partial charge is 0.270 e. The fourth-order valence-electron chi connectivity index (χ4n) is 1.19. The maximum atomic E-state index is 10.5. The van der Waals surface area contributed by atoms with E-state index in [1.807, 2.05) is 0 Å². The minimum Gasteiger partial charge on any atom is -0.411 e. The van der Waals surface area contributed by atoms with Crippen molar-refractivity contribution in [1.29, 1.82) is 0 Å². The van der Waals surface area contributed by atoms with Crippen molar-refractivity contribution in [2.75, 3.05) is 0 Å². The van der Waals surface area contributed by atoms with Gasteiger partial charge >= 0.3 is 0 Å². The molecule has 6 nitrogen and oxygen atoms in total. The van der Waals surface area contributed by atoms with E-state index in [9.17, 15) is 10.1 Å². The van der Waals surface area contributed by atoms with Crippen molar-refractivity contribution in [3.8, 4) is 0 Å². The largest absolute Gasteiger partial charge is 0.411 e. The van der Waals surface area contributed by atoms with E-state index >= 15 is 0 Å². The normalized spacial score (nSPS) is 13.6. The zero-order valence-electron chi connectivity index (χ0n) is 8.12. The van der Waals surface area contributed by atoms with Crippen LogP contribution in [0.2, 0.25) is 0 Å². The predicted molar refractivity (Wildman–Crippen MR) is 55.1 cm³/mol. The molecule has 0 fully saturated rings. The number of nitro benzene ring substituents is 1. The molecule has 0 spiro atoms. The molecule has 0 aliphatic heterocycles. The maximum Gasteiger partial charge on any atom is 0.270 e.